The summed E-state index contributed by atoms with van der Waals surface area (Å²) in [5, 5.41) is 0. The first-order valence-electron chi connectivity index (χ1n) is 6.04. The summed E-state index contributed by atoms with van der Waals surface area (Å²) < 4.78 is 27.4. The lowest BCUT2D eigenvalue weighted by molar-refractivity contribution is 0.109. The van der Waals surface area contributed by atoms with Crippen LogP contribution >= 0.6 is 0 Å². The molecular formula is C16H8F2O4. The van der Waals surface area contributed by atoms with E-state index < -0.39 is 22.8 Å². The van der Waals surface area contributed by atoms with Gasteiger partial charge in [0.2, 0.25) is 0 Å². The fourth-order valence-electron chi connectivity index (χ4n) is 2.12. The molecule has 0 saturated carbocycles. The molecule has 2 aromatic carbocycles. The molecule has 0 atom stereocenters. The van der Waals surface area contributed by atoms with Crippen LogP contribution in [0.3, 0.4) is 0 Å². The van der Waals surface area contributed by atoms with Crippen LogP contribution in [0.4, 0.5) is 8.78 Å². The van der Waals surface area contributed by atoms with Gasteiger partial charge < -0.3 is 0 Å². The summed E-state index contributed by atoms with van der Waals surface area (Å²) in [5.41, 5.74) is -1.18. The molecule has 0 aliphatic heterocycles. The van der Waals surface area contributed by atoms with Crippen LogP contribution in [0.25, 0.3) is 11.1 Å². The Labute approximate surface area is 123 Å². The number of halogens is 2. The molecule has 0 radical (unpaired) electrons. The zero-order chi connectivity index (χ0) is 16.3. The molecule has 0 saturated heterocycles. The molecule has 0 aromatic heterocycles. The fraction of sp³-hybridized carbons (Fsp3) is 0. The SMILES string of the molecule is O=Cc1cc(-c2ccc(F)c(C=O)c2C=O)cc(F)c1C=O. The van der Waals surface area contributed by atoms with Crippen molar-refractivity contribution in [2.45, 2.75) is 0 Å². The van der Waals surface area contributed by atoms with Gasteiger partial charge in [0.1, 0.15) is 11.6 Å². The third kappa shape index (κ3) is 2.46. The van der Waals surface area contributed by atoms with E-state index >= 15 is 0 Å². The van der Waals surface area contributed by atoms with Crippen LogP contribution in [-0.2, 0) is 0 Å². The zero-order valence-corrected chi connectivity index (χ0v) is 11.0. The largest absolute Gasteiger partial charge is 0.298 e. The van der Waals surface area contributed by atoms with Crippen LogP contribution < -0.4 is 0 Å². The molecule has 0 bridgehead atoms. The Morgan fingerprint density at radius 2 is 1.32 bits per heavy atom. The average molecular weight is 302 g/mol. The Morgan fingerprint density at radius 3 is 1.86 bits per heavy atom. The molecule has 0 heterocycles. The van der Waals surface area contributed by atoms with Crippen LogP contribution in [0.15, 0.2) is 24.3 Å². The number of carbonyl (C=O) groups is 4. The highest BCUT2D eigenvalue weighted by molar-refractivity contribution is 5.99. The van der Waals surface area contributed by atoms with E-state index in [-0.39, 0.29) is 41.1 Å². The van der Waals surface area contributed by atoms with Crippen molar-refractivity contribution in [3.05, 3.63) is 58.2 Å². The molecule has 4 nitrogen and oxygen atoms in total. The van der Waals surface area contributed by atoms with Gasteiger partial charge >= 0.3 is 0 Å². The van der Waals surface area contributed by atoms with Gasteiger partial charge in [-0.1, -0.05) is 6.07 Å². The van der Waals surface area contributed by atoms with Crippen molar-refractivity contribution < 1.29 is 28.0 Å². The van der Waals surface area contributed by atoms with Gasteiger partial charge in [-0.3, -0.25) is 19.2 Å². The highest BCUT2D eigenvalue weighted by Gasteiger charge is 2.17. The number of benzene rings is 2. The minimum atomic E-state index is -0.955. The van der Waals surface area contributed by atoms with E-state index in [1.165, 1.54) is 12.1 Å². The second kappa shape index (κ2) is 6.17. The quantitative estimate of drug-likeness (QED) is 0.796. The van der Waals surface area contributed by atoms with Gasteiger partial charge in [0.05, 0.1) is 11.1 Å². The first-order chi connectivity index (χ1) is 10.6. The fourth-order valence-corrected chi connectivity index (χ4v) is 2.12. The Morgan fingerprint density at radius 1 is 0.682 bits per heavy atom. The number of hydrogen-bond donors (Lipinski definition) is 0. The molecule has 0 spiro atoms. The third-order valence-electron chi connectivity index (χ3n) is 3.19. The van der Waals surface area contributed by atoms with Crippen molar-refractivity contribution in [3.63, 3.8) is 0 Å². The van der Waals surface area contributed by atoms with Crippen molar-refractivity contribution in [2.75, 3.05) is 0 Å². The molecule has 0 amide bonds. The molecule has 0 aliphatic carbocycles. The van der Waals surface area contributed by atoms with Crippen LogP contribution in [0, 0.1) is 11.6 Å². The number of hydrogen-bond acceptors (Lipinski definition) is 4. The van der Waals surface area contributed by atoms with Crippen molar-refractivity contribution in [2.24, 2.45) is 0 Å². The first kappa shape index (κ1) is 15.4. The van der Waals surface area contributed by atoms with Crippen LogP contribution in [0.5, 0.6) is 0 Å². The maximum absolute atomic E-state index is 13.9. The lowest BCUT2D eigenvalue weighted by atomic mass is 9.93. The molecule has 110 valence electrons. The van der Waals surface area contributed by atoms with Crippen molar-refractivity contribution >= 4 is 25.1 Å². The molecule has 0 aliphatic rings. The predicted molar refractivity (Wildman–Crippen MR) is 73.3 cm³/mol. The van der Waals surface area contributed by atoms with Crippen LogP contribution in [-0.4, -0.2) is 25.1 Å². The minimum absolute atomic E-state index is 0.0791. The number of carbonyl (C=O) groups excluding carboxylic acids is 4. The lowest BCUT2D eigenvalue weighted by Gasteiger charge is -2.10. The minimum Gasteiger partial charge on any atom is -0.298 e. The summed E-state index contributed by atoms with van der Waals surface area (Å²) >= 11 is 0. The van der Waals surface area contributed by atoms with Gasteiger partial charge in [0.25, 0.3) is 0 Å². The van der Waals surface area contributed by atoms with Crippen LogP contribution in [0.1, 0.15) is 41.4 Å². The molecule has 6 heteroatoms. The zero-order valence-electron chi connectivity index (χ0n) is 11.0. The van der Waals surface area contributed by atoms with Crippen molar-refractivity contribution in [1.82, 2.24) is 0 Å². The van der Waals surface area contributed by atoms with E-state index in [0.717, 1.165) is 12.1 Å². The number of aldehydes is 4. The van der Waals surface area contributed by atoms with E-state index in [9.17, 15) is 28.0 Å². The predicted octanol–water partition coefficient (Wildman–Crippen LogP) is 2.88. The molecule has 0 N–H and O–H groups in total. The normalized spacial score (nSPS) is 10.1. The highest BCUT2D eigenvalue weighted by Crippen LogP contribution is 2.29. The summed E-state index contributed by atoms with van der Waals surface area (Å²) in [6.07, 6.45) is 0.944. The van der Waals surface area contributed by atoms with Crippen LogP contribution in [0.2, 0.25) is 0 Å². The van der Waals surface area contributed by atoms with Crippen molar-refractivity contribution in [3.8, 4) is 11.1 Å². The Balaban J connectivity index is 2.80. The summed E-state index contributed by atoms with van der Waals surface area (Å²) in [6.45, 7) is 0. The van der Waals surface area contributed by atoms with E-state index in [2.05, 4.69) is 0 Å². The molecule has 2 rings (SSSR count). The summed E-state index contributed by atoms with van der Waals surface area (Å²) in [4.78, 5) is 43.8. The maximum Gasteiger partial charge on any atom is 0.153 e. The van der Waals surface area contributed by atoms with Gasteiger partial charge in [0.15, 0.2) is 25.1 Å². The Kier molecular flexibility index (Phi) is 4.31. The van der Waals surface area contributed by atoms with Gasteiger partial charge in [-0.15, -0.1) is 0 Å². The van der Waals surface area contributed by atoms with E-state index in [0.29, 0.717) is 6.29 Å². The second-order valence-electron chi connectivity index (χ2n) is 4.35. The van der Waals surface area contributed by atoms with E-state index in [1.54, 1.807) is 0 Å². The number of rotatable bonds is 5. The summed E-state index contributed by atoms with van der Waals surface area (Å²) in [6, 6.07) is 4.27. The molecule has 2 aromatic rings. The summed E-state index contributed by atoms with van der Waals surface area (Å²) in [5.74, 6) is -1.84. The molecular weight excluding hydrogens is 294 g/mol. The first-order valence-corrected chi connectivity index (χ1v) is 6.04. The van der Waals surface area contributed by atoms with Crippen molar-refractivity contribution in [1.29, 1.82) is 0 Å². The molecule has 0 unspecified atom stereocenters. The topological polar surface area (TPSA) is 68.3 Å². The Hall–Kier alpha value is -3.02. The van der Waals surface area contributed by atoms with Gasteiger partial charge in [-0.25, -0.2) is 8.78 Å². The van der Waals surface area contributed by atoms with Gasteiger partial charge in [0, 0.05) is 11.1 Å². The molecule has 0 fully saturated rings. The monoisotopic (exact) mass is 302 g/mol. The third-order valence-corrected chi connectivity index (χ3v) is 3.19. The maximum atomic E-state index is 13.9. The second-order valence-corrected chi connectivity index (χ2v) is 4.35. The van der Waals surface area contributed by atoms with Gasteiger partial charge in [-0.2, -0.15) is 0 Å². The molecule has 22 heavy (non-hydrogen) atoms. The highest BCUT2D eigenvalue weighted by atomic mass is 19.1. The van der Waals surface area contributed by atoms with E-state index in [1.807, 2.05) is 0 Å². The lowest BCUT2D eigenvalue weighted by Crippen LogP contribution is -2.01. The standard InChI is InChI=1S/C16H8F2O4/c17-15-2-1-11(13(7-21)14(15)8-22)9-3-10(5-19)12(6-20)16(18)4-9/h1-8H. The smallest absolute Gasteiger partial charge is 0.153 e. The van der Waals surface area contributed by atoms with E-state index in [4.69, 9.17) is 0 Å². The average Bonchev–Trinajstić information content (AvgIpc) is 2.53. The Bertz CT molecular complexity index is 797. The van der Waals surface area contributed by atoms with Gasteiger partial charge in [-0.05, 0) is 29.3 Å². The summed E-state index contributed by atoms with van der Waals surface area (Å²) in [7, 11) is 0.